The number of methoxy groups -OCH3 is 1. The van der Waals surface area contributed by atoms with Crippen LogP contribution in [0.5, 0.6) is 11.5 Å². The number of benzene rings is 1. The Morgan fingerprint density at radius 1 is 1.14 bits per heavy atom. The fourth-order valence-electron chi connectivity index (χ4n) is 5.70. The van der Waals surface area contributed by atoms with Gasteiger partial charge in [0, 0.05) is 44.3 Å². The van der Waals surface area contributed by atoms with Crippen molar-refractivity contribution >= 4 is 6.08 Å². The largest absolute Gasteiger partial charge is 0.493 e. The van der Waals surface area contributed by atoms with Gasteiger partial charge in [0.2, 0.25) is 0 Å². The Hall–Kier alpha value is -1.60. The second-order valence-corrected chi connectivity index (χ2v) is 8.94. The van der Waals surface area contributed by atoms with Crippen LogP contribution in [0.25, 0.3) is 6.08 Å². The third-order valence-corrected chi connectivity index (χ3v) is 7.12. The molecule has 6 nitrogen and oxygen atoms in total. The van der Waals surface area contributed by atoms with E-state index in [9.17, 15) is 5.11 Å². The van der Waals surface area contributed by atoms with Gasteiger partial charge in [0.05, 0.1) is 26.4 Å². The zero-order valence-electron chi connectivity index (χ0n) is 17.3. The number of hydrogen-bond acceptors (Lipinski definition) is 6. The third-order valence-electron chi connectivity index (χ3n) is 7.12. The summed E-state index contributed by atoms with van der Waals surface area (Å²) in [5.74, 6) is 2.95. The van der Waals surface area contributed by atoms with E-state index in [0.717, 1.165) is 75.8 Å². The van der Waals surface area contributed by atoms with E-state index in [0.29, 0.717) is 24.5 Å². The first-order valence-electron chi connectivity index (χ1n) is 10.9. The maximum Gasteiger partial charge on any atom is 0.168 e. The number of likely N-dealkylation sites (tertiary alicyclic amines) is 1. The van der Waals surface area contributed by atoms with Gasteiger partial charge in [-0.3, -0.25) is 9.80 Å². The zero-order chi connectivity index (χ0) is 19.8. The molecule has 1 aromatic rings. The molecular formula is C23H32N2O4. The van der Waals surface area contributed by atoms with Gasteiger partial charge in [0.15, 0.2) is 11.5 Å². The summed E-state index contributed by atoms with van der Waals surface area (Å²) >= 11 is 0. The highest BCUT2D eigenvalue weighted by molar-refractivity contribution is 5.66. The molecule has 3 heterocycles. The lowest BCUT2D eigenvalue weighted by molar-refractivity contribution is -0.0520. The normalized spacial score (nSPS) is 32.8. The molecule has 29 heavy (non-hydrogen) atoms. The minimum absolute atomic E-state index is 0.203. The van der Waals surface area contributed by atoms with E-state index in [1.54, 1.807) is 7.11 Å². The summed E-state index contributed by atoms with van der Waals surface area (Å²) in [7, 11) is 1.68. The van der Waals surface area contributed by atoms with Crippen molar-refractivity contribution in [1.29, 1.82) is 0 Å². The zero-order valence-corrected chi connectivity index (χ0v) is 17.3. The highest BCUT2D eigenvalue weighted by atomic mass is 16.5. The van der Waals surface area contributed by atoms with Crippen molar-refractivity contribution in [2.75, 3.05) is 59.7 Å². The molecule has 0 aromatic heterocycles. The Morgan fingerprint density at radius 3 is 2.72 bits per heavy atom. The van der Waals surface area contributed by atoms with Crippen molar-refractivity contribution in [3.8, 4) is 11.5 Å². The van der Waals surface area contributed by atoms with Crippen LogP contribution in [0, 0.1) is 11.8 Å². The number of aliphatic hydroxyl groups excluding tert-OH is 1. The molecule has 0 radical (unpaired) electrons. The van der Waals surface area contributed by atoms with Crippen LogP contribution in [0.4, 0.5) is 0 Å². The average molecular weight is 401 g/mol. The van der Waals surface area contributed by atoms with Crippen molar-refractivity contribution in [2.45, 2.75) is 25.0 Å². The number of para-hydroxylation sites is 1. The van der Waals surface area contributed by atoms with Gasteiger partial charge in [-0.2, -0.15) is 0 Å². The number of aliphatic hydroxyl groups is 1. The molecule has 1 aromatic carbocycles. The minimum atomic E-state index is -0.203. The first kappa shape index (κ1) is 19.4. The maximum atomic E-state index is 10.8. The highest BCUT2D eigenvalue weighted by Gasteiger charge is 2.43. The SMILES string of the molecule is COc1cccc2c1OCC(CN1C[C@H]3C[C@@H](N4CCOCC4)[C@H](O)C[C@H]3C1)=C2. The second-order valence-electron chi connectivity index (χ2n) is 8.94. The molecule has 5 rings (SSSR count). The molecule has 2 saturated heterocycles. The Kier molecular flexibility index (Phi) is 5.52. The van der Waals surface area contributed by atoms with Crippen LogP contribution in [0.1, 0.15) is 18.4 Å². The molecule has 1 N–H and O–H groups in total. The summed E-state index contributed by atoms with van der Waals surface area (Å²) in [4.78, 5) is 5.01. The van der Waals surface area contributed by atoms with Gasteiger partial charge < -0.3 is 19.3 Å². The summed E-state index contributed by atoms with van der Waals surface area (Å²) in [6, 6.07) is 6.35. The Balaban J connectivity index is 1.23. The lowest BCUT2D eigenvalue weighted by Crippen LogP contribution is -2.53. The van der Waals surface area contributed by atoms with Crippen molar-refractivity contribution in [3.63, 3.8) is 0 Å². The smallest absolute Gasteiger partial charge is 0.168 e. The Bertz CT molecular complexity index is 761. The first-order valence-corrected chi connectivity index (χ1v) is 10.9. The number of fused-ring (bicyclic) bond motifs is 2. The van der Waals surface area contributed by atoms with Crippen LogP contribution < -0.4 is 9.47 Å². The van der Waals surface area contributed by atoms with Crippen molar-refractivity contribution in [2.24, 2.45) is 11.8 Å². The number of hydrogen-bond donors (Lipinski definition) is 1. The standard InChI is InChI=1S/C23H32N2O4/c1-27-22-4-2-3-17-9-16(15-29-23(17)22)12-24-13-18-10-20(21(26)11-19(18)14-24)25-5-7-28-8-6-25/h2-4,9,18-21,26H,5-8,10-15H2,1H3/t18-,19+,20-,21-/m1/s1. The van der Waals surface area contributed by atoms with Gasteiger partial charge in [0.1, 0.15) is 6.61 Å². The molecule has 0 spiro atoms. The van der Waals surface area contributed by atoms with E-state index in [1.165, 1.54) is 5.57 Å². The van der Waals surface area contributed by atoms with E-state index in [4.69, 9.17) is 14.2 Å². The van der Waals surface area contributed by atoms with Crippen molar-refractivity contribution < 1.29 is 19.3 Å². The minimum Gasteiger partial charge on any atom is -0.493 e. The predicted molar refractivity (Wildman–Crippen MR) is 111 cm³/mol. The van der Waals surface area contributed by atoms with Gasteiger partial charge >= 0.3 is 0 Å². The molecular weight excluding hydrogens is 368 g/mol. The first-order chi connectivity index (χ1) is 14.2. The molecule has 3 fully saturated rings. The average Bonchev–Trinajstić information content (AvgIpc) is 3.14. The monoisotopic (exact) mass is 400 g/mol. The van der Waals surface area contributed by atoms with Gasteiger partial charge in [-0.1, -0.05) is 12.1 Å². The van der Waals surface area contributed by atoms with E-state index in [1.807, 2.05) is 12.1 Å². The van der Waals surface area contributed by atoms with Crippen LogP contribution in [0.2, 0.25) is 0 Å². The van der Waals surface area contributed by atoms with Gasteiger partial charge in [0.25, 0.3) is 0 Å². The molecule has 3 aliphatic heterocycles. The molecule has 0 amide bonds. The number of ether oxygens (including phenoxy) is 3. The van der Waals surface area contributed by atoms with E-state index < -0.39 is 0 Å². The van der Waals surface area contributed by atoms with Gasteiger partial charge in [-0.15, -0.1) is 0 Å². The van der Waals surface area contributed by atoms with E-state index in [2.05, 4.69) is 21.9 Å². The Labute approximate surface area is 173 Å². The number of nitrogens with zero attached hydrogens (tertiary/aromatic N) is 2. The van der Waals surface area contributed by atoms with Crippen molar-refractivity contribution in [1.82, 2.24) is 9.80 Å². The molecule has 1 saturated carbocycles. The van der Waals surface area contributed by atoms with E-state index in [-0.39, 0.29) is 6.10 Å². The fraction of sp³-hybridized carbons (Fsp3) is 0.652. The van der Waals surface area contributed by atoms with Crippen LogP contribution in [-0.4, -0.2) is 86.7 Å². The lowest BCUT2D eigenvalue weighted by Gasteiger charge is -2.43. The van der Waals surface area contributed by atoms with E-state index >= 15 is 0 Å². The Morgan fingerprint density at radius 2 is 1.93 bits per heavy atom. The third kappa shape index (κ3) is 3.91. The molecule has 4 aliphatic rings. The molecule has 4 atom stereocenters. The van der Waals surface area contributed by atoms with Crippen molar-refractivity contribution in [3.05, 3.63) is 29.3 Å². The lowest BCUT2D eigenvalue weighted by atomic mass is 9.77. The van der Waals surface area contributed by atoms with Crippen LogP contribution >= 0.6 is 0 Å². The molecule has 0 bridgehead atoms. The van der Waals surface area contributed by atoms with Crippen LogP contribution in [0.3, 0.4) is 0 Å². The predicted octanol–water partition coefficient (Wildman–Crippen LogP) is 1.87. The summed E-state index contributed by atoms with van der Waals surface area (Å²) in [5, 5.41) is 10.8. The maximum absolute atomic E-state index is 10.8. The van der Waals surface area contributed by atoms with Gasteiger partial charge in [-0.25, -0.2) is 0 Å². The van der Waals surface area contributed by atoms with Crippen LogP contribution in [0.15, 0.2) is 23.8 Å². The topological polar surface area (TPSA) is 54.4 Å². The molecule has 6 heteroatoms. The highest BCUT2D eigenvalue weighted by Crippen LogP contribution is 2.40. The molecule has 0 unspecified atom stereocenters. The number of morpholine rings is 1. The number of rotatable bonds is 4. The molecule has 1 aliphatic carbocycles. The summed E-state index contributed by atoms with van der Waals surface area (Å²) in [6.07, 6.45) is 4.09. The molecule has 158 valence electrons. The van der Waals surface area contributed by atoms with Crippen LogP contribution in [-0.2, 0) is 4.74 Å². The summed E-state index contributed by atoms with van der Waals surface area (Å²) in [6.45, 7) is 7.28. The summed E-state index contributed by atoms with van der Waals surface area (Å²) < 4.78 is 16.9. The fourth-order valence-corrected chi connectivity index (χ4v) is 5.70. The second kappa shape index (κ2) is 8.26. The van der Waals surface area contributed by atoms with Gasteiger partial charge in [-0.05, 0) is 42.4 Å². The summed E-state index contributed by atoms with van der Waals surface area (Å²) in [5.41, 5.74) is 2.42. The quantitative estimate of drug-likeness (QED) is 0.833.